The van der Waals surface area contributed by atoms with Crippen molar-refractivity contribution < 1.29 is 4.74 Å². The molecule has 1 aromatic carbocycles. The fourth-order valence-electron chi connectivity index (χ4n) is 2.52. The summed E-state index contributed by atoms with van der Waals surface area (Å²) in [6, 6.07) is 14.5. The number of methoxy groups -OCH3 is 1. The number of fused-ring (bicyclic) bond motifs is 2. The summed E-state index contributed by atoms with van der Waals surface area (Å²) in [5, 5.41) is 9.15. The van der Waals surface area contributed by atoms with Gasteiger partial charge < -0.3 is 10.1 Å². The highest BCUT2D eigenvalue weighted by Crippen LogP contribution is 2.33. The van der Waals surface area contributed by atoms with E-state index in [-0.39, 0.29) is 0 Å². The molecule has 5 nitrogen and oxygen atoms in total. The number of hydrogen-bond donors (Lipinski definition) is 1. The third kappa shape index (κ3) is 2.67. The number of hydrogen-bond acceptors (Lipinski definition) is 5. The van der Waals surface area contributed by atoms with Crippen LogP contribution in [0.2, 0.25) is 0 Å². The van der Waals surface area contributed by atoms with Gasteiger partial charge in [-0.1, -0.05) is 18.2 Å². The van der Waals surface area contributed by atoms with Crippen molar-refractivity contribution in [2.24, 2.45) is 0 Å². The van der Waals surface area contributed by atoms with Crippen molar-refractivity contribution in [3.8, 4) is 10.6 Å². The second-order valence-corrected chi connectivity index (χ2v) is 6.28. The van der Waals surface area contributed by atoms with Gasteiger partial charge in [-0.25, -0.2) is 9.50 Å². The molecule has 0 atom stereocenters. The molecular formula is C17H16N4OS. The Morgan fingerprint density at radius 2 is 2.13 bits per heavy atom. The Hall–Kier alpha value is -2.44. The maximum Gasteiger partial charge on any atom is 0.154 e. The molecule has 0 saturated carbocycles. The van der Waals surface area contributed by atoms with E-state index in [0.29, 0.717) is 6.61 Å². The summed E-state index contributed by atoms with van der Waals surface area (Å²) >= 11 is 1.76. The van der Waals surface area contributed by atoms with Crippen LogP contribution in [0.5, 0.6) is 0 Å². The average molecular weight is 324 g/mol. The number of rotatable bonds is 5. The normalized spacial score (nSPS) is 11.3. The van der Waals surface area contributed by atoms with Crippen LogP contribution in [0, 0.1) is 0 Å². The van der Waals surface area contributed by atoms with Gasteiger partial charge in [0.25, 0.3) is 0 Å². The van der Waals surface area contributed by atoms with Crippen molar-refractivity contribution in [2.45, 2.75) is 0 Å². The highest BCUT2D eigenvalue weighted by Gasteiger charge is 2.11. The van der Waals surface area contributed by atoms with Gasteiger partial charge in [0.2, 0.25) is 0 Å². The van der Waals surface area contributed by atoms with Crippen LogP contribution in [0.15, 0.2) is 48.7 Å². The van der Waals surface area contributed by atoms with E-state index in [1.807, 2.05) is 22.8 Å². The molecule has 0 unspecified atom stereocenters. The number of anilines is 1. The lowest BCUT2D eigenvalue weighted by Gasteiger charge is -2.05. The molecule has 0 spiro atoms. The quantitative estimate of drug-likeness (QED) is 0.569. The fraction of sp³-hybridized carbons (Fsp3) is 0.176. The highest BCUT2D eigenvalue weighted by molar-refractivity contribution is 7.22. The van der Waals surface area contributed by atoms with Crippen LogP contribution in [-0.2, 0) is 4.74 Å². The van der Waals surface area contributed by atoms with E-state index >= 15 is 0 Å². The van der Waals surface area contributed by atoms with E-state index in [4.69, 9.17) is 4.74 Å². The Balaban J connectivity index is 1.75. The van der Waals surface area contributed by atoms with E-state index in [1.165, 1.54) is 15.0 Å². The maximum absolute atomic E-state index is 5.06. The Morgan fingerprint density at radius 3 is 3.00 bits per heavy atom. The summed E-state index contributed by atoms with van der Waals surface area (Å²) in [5.41, 5.74) is 1.85. The van der Waals surface area contributed by atoms with Crippen LogP contribution in [0.3, 0.4) is 0 Å². The number of benzene rings is 1. The van der Waals surface area contributed by atoms with Crippen molar-refractivity contribution in [1.82, 2.24) is 14.6 Å². The van der Waals surface area contributed by atoms with Crippen molar-refractivity contribution in [3.05, 3.63) is 48.7 Å². The first-order valence-corrected chi connectivity index (χ1v) is 8.23. The van der Waals surface area contributed by atoms with Crippen molar-refractivity contribution in [2.75, 3.05) is 25.6 Å². The molecule has 23 heavy (non-hydrogen) atoms. The number of thiophene rings is 1. The van der Waals surface area contributed by atoms with Gasteiger partial charge in [0.05, 0.1) is 17.7 Å². The van der Waals surface area contributed by atoms with E-state index in [0.717, 1.165) is 23.7 Å². The molecule has 0 aliphatic heterocycles. The van der Waals surface area contributed by atoms with Crippen molar-refractivity contribution >= 4 is 32.9 Å². The Kier molecular flexibility index (Phi) is 3.69. The van der Waals surface area contributed by atoms with Gasteiger partial charge in [0, 0.05) is 18.4 Å². The minimum absolute atomic E-state index is 0.646. The average Bonchev–Trinajstić information content (AvgIpc) is 3.18. The SMILES string of the molecule is COCCNc1ccc2ncc(-c3cc4ccccc4s3)n2n1. The van der Waals surface area contributed by atoms with E-state index in [2.05, 4.69) is 45.7 Å². The zero-order chi connectivity index (χ0) is 15.6. The summed E-state index contributed by atoms with van der Waals surface area (Å²) in [6.45, 7) is 1.37. The van der Waals surface area contributed by atoms with E-state index < -0.39 is 0 Å². The summed E-state index contributed by atoms with van der Waals surface area (Å²) in [5.74, 6) is 0.815. The van der Waals surface area contributed by atoms with Crippen LogP contribution in [0.1, 0.15) is 0 Å². The van der Waals surface area contributed by atoms with Crippen LogP contribution in [-0.4, -0.2) is 34.9 Å². The zero-order valence-corrected chi connectivity index (χ0v) is 13.5. The molecule has 116 valence electrons. The fourth-order valence-corrected chi connectivity index (χ4v) is 3.58. The predicted molar refractivity (Wildman–Crippen MR) is 94.2 cm³/mol. The molecule has 4 aromatic rings. The topological polar surface area (TPSA) is 51.5 Å². The minimum Gasteiger partial charge on any atom is -0.383 e. The molecule has 0 saturated heterocycles. The Bertz CT molecular complexity index is 926. The zero-order valence-electron chi connectivity index (χ0n) is 12.7. The number of ether oxygens (including phenoxy) is 1. The smallest absolute Gasteiger partial charge is 0.154 e. The summed E-state index contributed by atoms with van der Waals surface area (Å²) < 4.78 is 8.21. The van der Waals surface area contributed by atoms with Crippen LogP contribution in [0.4, 0.5) is 5.82 Å². The molecule has 3 aromatic heterocycles. The van der Waals surface area contributed by atoms with E-state index in [9.17, 15) is 0 Å². The second-order valence-electron chi connectivity index (χ2n) is 5.20. The lowest BCUT2D eigenvalue weighted by molar-refractivity contribution is 0.210. The maximum atomic E-state index is 5.06. The third-order valence-electron chi connectivity index (χ3n) is 3.65. The summed E-state index contributed by atoms with van der Waals surface area (Å²) in [4.78, 5) is 5.62. The van der Waals surface area contributed by atoms with Gasteiger partial charge in [-0.3, -0.25) is 0 Å². The summed E-state index contributed by atoms with van der Waals surface area (Å²) in [6.07, 6.45) is 1.88. The monoisotopic (exact) mass is 324 g/mol. The molecule has 0 aliphatic rings. The first-order valence-electron chi connectivity index (χ1n) is 7.42. The molecule has 6 heteroatoms. The number of nitrogens with zero attached hydrogens (tertiary/aromatic N) is 3. The van der Waals surface area contributed by atoms with Gasteiger partial charge in [-0.05, 0) is 29.7 Å². The molecule has 0 amide bonds. The van der Waals surface area contributed by atoms with Crippen LogP contribution < -0.4 is 5.32 Å². The second kappa shape index (κ2) is 5.98. The standard InChI is InChI=1S/C17H16N4OS/c1-22-9-8-18-16-6-7-17-19-11-13(21(17)20-16)15-10-12-4-2-3-5-14(12)23-15/h2-7,10-11H,8-9H2,1H3,(H,18,20). The summed E-state index contributed by atoms with van der Waals surface area (Å²) in [7, 11) is 1.69. The van der Waals surface area contributed by atoms with Gasteiger partial charge in [-0.2, -0.15) is 0 Å². The lowest BCUT2D eigenvalue weighted by Crippen LogP contribution is -2.10. The van der Waals surface area contributed by atoms with Gasteiger partial charge in [0.15, 0.2) is 5.65 Å². The van der Waals surface area contributed by atoms with Crippen LogP contribution in [0.25, 0.3) is 26.3 Å². The Labute approximate surface area is 137 Å². The van der Waals surface area contributed by atoms with Crippen molar-refractivity contribution in [3.63, 3.8) is 0 Å². The first-order chi connectivity index (χ1) is 11.3. The number of imidazole rings is 1. The largest absolute Gasteiger partial charge is 0.383 e. The minimum atomic E-state index is 0.646. The number of nitrogens with one attached hydrogen (secondary N) is 1. The molecule has 0 bridgehead atoms. The lowest BCUT2D eigenvalue weighted by atomic mass is 10.2. The van der Waals surface area contributed by atoms with Gasteiger partial charge >= 0.3 is 0 Å². The van der Waals surface area contributed by atoms with Gasteiger partial charge in [0.1, 0.15) is 11.5 Å². The first kappa shape index (κ1) is 14.2. The third-order valence-corrected chi connectivity index (χ3v) is 4.79. The van der Waals surface area contributed by atoms with E-state index in [1.54, 1.807) is 18.4 Å². The molecule has 0 aliphatic carbocycles. The molecular weight excluding hydrogens is 308 g/mol. The molecule has 0 radical (unpaired) electrons. The van der Waals surface area contributed by atoms with Crippen LogP contribution >= 0.6 is 11.3 Å². The Morgan fingerprint density at radius 1 is 1.22 bits per heavy atom. The van der Waals surface area contributed by atoms with Crippen molar-refractivity contribution in [1.29, 1.82) is 0 Å². The number of aromatic nitrogens is 3. The molecule has 1 N–H and O–H groups in total. The highest BCUT2D eigenvalue weighted by atomic mass is 32.1. The molecule has 3 heterocycles. The molecule has 0 fully saturated rings. The van der Waals surface area contributed by atoms with Gasteiger partial charge in [-0.15, -0.1) is 16.4 Å². The predicted octanol–water partition coefficient (Wildman–Crippen LogP) is 3.67. The molecule has 4 rings (SSSR count).